The molecule has 178 valence electrons. The number of halogens is 1. The van der Waals surface area contributed by atoms with Crippen LogP contribution in [0.5, 0.6) is 5.75 Å². The molecule has 1 aliphatic carbocycles. The second-order valence-corrected chi connectivity index (χ2v) is 8.96. The van der Waals surface area contributed by atoms with Gasteiger partial charge in [-0.25, -0.2) is 4.39 Å². The fraction of sp³-hybridized carbons (Fsp3) is 0.538. The Hall–Kier alpha value is -2.51. The number of morpholine rings is 1. The molecule has 0 radical (unpaired) electrons. The summed E-state index contributed by atoms with van der Waals surface area (Å²) < 4.78 is 25.8. The quantitative estimate of drug-likeness (QED) is 0.604. The van der Waals surface area contributed by atoms with E-state index in [-0.39, 0.29) is 18.1 Å². The minimum absolute atomic E-state index is 0.0897. The Kier molecular flexibility index (Phi) is 8.29. The molecule has 2 aliphatic rings. The van der Waals surface area contributed by atoms with Crippen LogP contribution >= 0.6 is 0 Å². The molecular formula is C26H34FN3O3. The summed E-state index contributed by atoms with van der Waals surface area (Å²) in [5.41, 5.74) is 1.86. The van der Waals surface area contributed by atoms with Crippen LogP contribution in [-0.2, 0) is 16.0 Å². The highest BCUT2D eigenvalue weighted by atomic mass is 19.1. The first-order valence-electron chi connectivity index (χ1n) is 12.0. The summed E-state index contributed by atoms with van der Waals surface area (Å²) in [7, 11) is 1.90. The van der Waals surface area contributed by atoms with Crippen molar-refractivity contribution in [2.45, 2.75) is 44.6 Å². The number of amides is 1. The summed E-state index contributed by atoms with van der Waals surface area (Å²) in [6, 6.07) is 8.91. The number of rotatable bonds is 8. The molecule has 7 heteroatoms. The molecule has 2 heterocycles. The Morgan fingerprint density at radius 2 is 1.97 bits per heavy atom. The average molecular weight is 456 g/mol. The third kappa shape index (κ3) is 6.51. The molecule has 2 fully saturated rings. The number of pyridine rings is 1. The molecule has 0 atom stereocenters. The molecule has 0 bridgehead atoms. The smallest absolute Gasteiger partial charge is 0.228 e. The van der Waals surface area contributed by atoms with E-state index in [4.69, 9.17) is 9.47 Å². The second-order valence-electron chi connectivity index (χ2n) is 8.96. The zero-order chi connectivity index (χ0) is 23.0. The largest absolute Gasteiger partial charge is 0.492 e. The highest BCUT2D eigenvalue weighted by Gasteiger charge is 2.22. The first-order valence-corrected chi connectivity index (χ1v) is 12.0. The van der Waals surface area contributed by atoms with E-state index in [1.807, 2.05) is 24.1 Å². The molecular weight excluding hydrogens is 421 g/mol. The van der Waals surface area contributed by atoms with Crippen molar-refractivity contribution in [3.63, 3.8) is 0 Å². The van der Waals surface area contributed by atoms with Gasteiger partial charge in [-0.3, -0.25) is 14.7 Å². The van der Waals surface area contributed by atoms with Crippen LogP contribution in [0.2, 0.25) is 0 Å². The molecule has 4 rings (SSSR count). The fourth-order valence-electron chi connectivity index (χ4n) is 4.58. The van der Waals surface area contributed by atoms with Crippen molar-refractivity contribution in [3.05, 3.63) is 48.0 Å². The number of likely N-dealkylation sites (N-methyl/N-ethyl adjacent to an activating group) is 1. The first kappa shape index (κ1) is 23.6. The van der Waals surface area contributed by atoms with Gasteiger partial charge in [0.05, 0.1) is 19.6 Å². The van der Waals surface area contributed by atoms with Gasteiger partial charge in [0.1, 0.15) is 18.2 Å². The van der Waals surface area contributed by atoms with Crippen LogP contribution in [0.3, 0.4) is 0 Å². The van der Waals surface area contributed by atoms with Crippen LogP contribution < -0.4 is 4.74 Å². The van der Waals surface area contributed by atoms with Crippen LogP contribution in [0.15, 0.2) is 36.5 Å². The van der Waals surface area contributed by atoms with Gasteiger partial charge in [0, 0.05) is 61.8 Å². The zero-order valence-electron chi connectivity index (χ0n) is 19.5. The summed E-state index contributed by atoms with van der Waals surface area (Å²) in [5, 5.41) is 0. The van der Waals surface area contributed by atoms with Gasteiger partial charge in [0.25, 0.3) is 0 Å². The molecule has 0 unspecified atom stereocenters. The van der Waals surface area contributed by atoms with Gasteiger partial charge in [-0.1, -0.05) is 25.3 Å². The maximum Gasteiger partial charge on any atom is 0.228 e. The standard InChI is InChI=1S/C26H34FN3O3/c1-29(22-5-3-2-4-6-22)26(31)17-21-8-7-20(19-28-21)24-10-9-23(18-25(24)27)33-16-13-30-11-14-32-15-12-30/h7-10,18-19,22H,2-6,11-17H2,1H3. The number of ether oxygens (including phenoxy) is 2. The predicted octanol–water partition coefficient (Wildman–Crippen LogP) is 3.93. The van der Waals surface area contributed by atoms with Crippen LogP contribution in [0.25, 0.3) is 11.1 Å². The molecule has 0 N–H and O–H groups in total. The van der Waals surface area contributed by atoms with Crippen molar-refractivity contribution >= 4 is 5.91 Å². The van der Waals surface area contributed by atoms with Gasteiger partial charge in [0.2, 0.25) is 5.91 Å². The monoisotopic (exact) mass is 455 g/mol. The third-order valence-corrected chi connectivity index (χ3v) is 6.70. The topological polar surface area (TPSA) is 54.9 Å². The number of carbonyl (C=O) groups excluding carboxylic acids is 1. The molecule has 1 aliphatic heterocycles. The maximum absolute atomic E-state index is 14.7. The van der Waals surface area contributed by atoms with Crippen molar-refractivity contribution in [2.24, 2.45) is 0 Å². The van der Waals surface area contributed by atoms with E-state index < -0.39 is 0 Å². The molecule has 1 amide bonds. The minimum Gasteiger partial charge on any atom is -0.492 e. The summed E-state index contributed by atoms with van der Waals surface area (Å²) >= 11 is 0. The van der Waals surface area contributed by atoms with Crippen LogP contribution in [-0.4, -0.2) is 73.2 Å². The van der Waals surface area contributed by atoms with Crippen molar-refractivity contribution < 1.29 is 18.7 Å². The van der Waals surface area contributed by atoms with Crippen molar-refractivity contribution in [1.29, 1.82) is 0 Å². The van der Waals surface area contributed by atoms with Gasteiger partial charge in [-0.15, -0.1) is 0 Å². The van der Waals surface area contributed by atoms with E-state index in [2.05, 4.69) is 9.88 Å². The highest BCUT2D eigenvalue weighted by molar-refractivity contribution is 5.78. The Morgan fingerprint density at radius 1 is 1.18 bits per heavy atom. The summed E-state index contributed by atoms with van der Waals surface area (Å²) in [6.45, 7) is 4.62. The number of carbonyl (C=O) groups is 1. The number of benzene rings is 1. The minimum atomic E-state index is -0.346. The van der Waals surface area contributed by atoms with E-state index in [1.165, 1.54) is 25.3 Å². The highest BCUT2D eigenvalue weighted by Crippen LogP contribution is 2.26. The average Bonchev–Trinajstić information content (AvgIpc) is 2.85. The molecule has 2 aromatic rings. The van der Waals surface area contributed by atoms with Gasteiger partial charge in [0.15, 0.2) is 0 Å². The predicted molar refractivity (Wildman–Crippen MR) is 126 cm³/mol. The van der Waals surface area contributed by atoms with E-state index in [0.717, 1.165) is 45.7 Å². The molecule has 33 heavy (non-hydrogen) atoms. The van der Waals surface area contributed by atoms with E-state index in [0.29, 0.717) is 35.2 Å². The molecule has 1 aromatic heterocycles. The van der Waals surface area contributed by atoms with Gasteiger partial charge < -0.3 is 14.4 Å². The van der Waals surface area contributed by atoms with Gasteiger partial charge >= 0.3 is 0 Å². The molecule has 0 spiro atoms. The maximum atomic E-state index is 14.7. The van der Waals surface area contributed by atoms with Crippen LogP contribution in [0, 0.1) is 5.82 Å². The molecule has 6 nitrogen and oxygen atoms in total. The lowest BCUT2D eigenvalue weighted by molar-refractivity contribution is -0.131. The van der Waals surface area contributed by atoms with Crippen LogP contribution in [0.4, 0.5) is 4.39 Å². The van der Waals surface area contributed by atoms with E-state index in [9.17, 15) is 9.18 Å². The van der Waals surface area contributed by atoms with Gasteiger partial charge in [-0.2, -0.15) is 0 Å². The first-order chi connectivity index (χ1) is 16.1. The summed E-state index contributed by atoms with van der Waals surface area (Å²) in [6.07, 6.45) is 7.73. The third-order valence-electron chi connectivity index (χ3n) is 6.70. The number of hydrogen-bond acceptors (Lipinski definition) is 5. The van der Waals surface area contributed by atoms with Crippen LogP contribution in [0.1, 0.15) is 37.8 Å². The van der Waals surface area contributed by atoms with Crippen molar-refractivity contribution in [3.8, 4) is 16.9 Å². The SMILES string of the molecule is CN(C(=O)Cc1ccc(-c2ccc(OCCN3CCOCC3)cc2F)cn1)C1CCCCC1. The van der Waals surface area contributed by atoms with Gasteiger partial charge in [-0.05, 0) is 31.0 Å². The number of nitrogens with zero attached hydrogens (tertiary/aromatic N) is 3. The molecule has 1 aromatic carbocycles. The number of hydrogen-bond donors (Lipinski definition) is 0. The van der Waals surface area contributed by atoms with E-state index >= 15 is 0 Å². The lowest BCUT2D eigenvalue weighted by Crippen LogP contribution is -2.39. The normalized spacial score (nSPS) is 17.6. The Morgan fingerprint density at radius 3 is 2.67 bits per heavy atom. The number of aromatic nitrogens is 1. The Labute approximate surface area is 195 Å². The Balaban J connectivity index is 1.30. The summed E-state index contributed by atoms with van der Waals surface area (Å²) in [5.74, 6) is 0.263. The molecule has 1 saturated carbocycles. The lowest BCUT2D eigenvalue weighted by Gasteiger charge is -2.31. The second kappa shape index (κ2) is 11.6. The molecule has 1 saturated heterocycles. The van der Waals surface area contributed by atoms with E-state index in [1.54, 1.807) is 18.3 Å². The summed E-state index contributed by atoms with van der Waals surface area (Å²) in [4.78, 5) is 21.2. The fourth-order valence-corrected chi connectivity index (χ4v) is 4.58. The van der Waals surface area contributed by atoms with Crippen molar-refractivity contribution in [1.82, 2.24) is 14.8 Å². The Bertz CT molecular complexity index is 909. The zero-order valence-corrected chi connectivity index (χ0v) is 19.5. The van der Waals surface area contributed by atoms with Crippen molar-refractivity contribution in [2.75, 3.05) is 46.5 Å². The lowest BCUT2D eigenvalue weighted by atomic mass is 9.94.